The zero-order valence-electron chi connectivity index (χ0n) is 13.1. The van der Waals surface area contributed by atoms with E-state index in [0.29, 0.717) is 23.9 Å². The Bertz CT molecular complexity index is 584. The van der Waals surface area contributed by atoms with Crippen LogP contribution >= 0.6 is 0 Å². The van der Waals surface area contributed by atoms with Crippen LogP contribution in [-0.4, -0.2) is 22.0 Å². The molecule has 1 aromatic carbocycles. The highest BCUT2D eigenvalue weighted by atomic mass is 32.2. The second-order valence-electron chi connectivity index (χ2n) is 6.21. The van der Waals surface area contributed by atoms with Gasteiger partial charge in [0.15, 0.2) is 0 Å². The van der Waals surface area contributed by atoms with Crippen LogP contribution in [0.1, 0.15) is 37.3 Å². The zero-order chi connectivity index (χ0) is 15.5. The van der Waals surface area contributed by atoms with E-state index in [0.717, 1.165) is 29.9 Å². The Hall–Kier alpha value is -0.910. The summed E-state index contributed by atoms with van der Waals surface area (Å²) in [7, 11) is -1.55. The van der Waals surface area contributed by atoms with Crippen molar-refractivity contribution in [1.29, 1.82) is 0 Å². The number of rotatable bonds is 6. The predicted octanol–water partition coefficient (Wildman–Crippen LogP) is 2.43. The van der Waals surface area contributed by atoms with Crippen LogP contribution in [0.4, 0.5) is 0 Å². The number of hydrogen-bond acceptors (Lipinski definition) is 3. The van der Waals surface area contributed by atoms with Crippen molar-refractivity contribution >= 4 is 10.0 Å². The van der Waals surface area contributed by atoms with E-state index in [1.54, 1.807) is 6.07 Å². The van der Waals surface area contributed by atoms with Crippen LogP contribution in [0.25, 0.3) is 0 Å². The molecule has 1 aromatic rings. The number of hydrogen-bond donors (Lipinski definition) is 2. The van der Waals surface area contributed by atoms with E-state index in [2.05, 4.69) is 17.0 Å². The molecule has 2 N–H and O–H groups in total. The van der Waals surface area contributed by atoms with E-state index in [-0.39, 0.29) is 0 Å². The van der Waals surface area contributed by atoms with Crippen LogP contribution in [0.5, 0.6) is 0 Å². The van der Waals surface area contributed by atoms with Crippen molar-refractivity contribution in [2.75, 3.05) is 13.6 Å². The molecule has 1 aliphatic rings. The monoisotopic (exact) mass is 310 g/mol. The van der Waals surface area contributed by atoms with Crippen molar-refractivity contribution in [3.05, 3.63) is 29.3 Å². The van der Waals surface area contributed by atoms with Gasteiger partial charge in [-0.05, 0) is 55.8 Å². The fraction of sp³-hybridized carbons (Fsp3) is 0.625. The fourth-order valence-electron chi connectivity index (χ4n) is 3.15. The normalized spacial score (nSPS) is 22.6. The van der Waals surface area contributed by atoms with Crippen molar-refractivity contribution < 1.29 is 8.42 Å². The molecule has 1 fully saturated rings. The first kappa shape index (κ1) is 16.5. The van der Waals surface area contributed by atoms with Gasteiger partial charge in [0.1, 0.15) is 0 Å². The van der Waals surface area contributed by atoms with Gasteiger partial charge in [0.05, 0.1) is 4.90 Å². The van der Waals surface area contributed by atoms with Gasteiger partial charge in [-0.3, -0.25) is 0 Å². The first-order chi connectivity index (χ1) is 9.94. The Morgan fingerprint density at radius 2 is 2.05 bits per heavy atom. The summed E-state index contributed by atoms with van der Waals surface area (Å²) in [4.78, 5) is 0.404. The molecular formula is C16H26N2O2S. The minimum atomic E-state index is -3.41. The smallest absolute Gasteiger partial charge is 0.240 e. The SMILES string of the molecule is CNCc1cccc(S(=O)(=O)NCC2CCC(C)C2)c1C. The Kier molecular flexibility index (Phi) is 5.41. The van der Waals surface area contributed by atoms with Crippen LogP contribution in [-0.2, 0) is 16.6 Å². The predicted molar refractivity (Wildman–Crippen MR) is 85.6 cm³/mol. The summed E-state index contributed by atoms with van der Waals surface area (Å²) in [5.74, 6) is 1.20. The number of benzene rings is 1. The van der Waals surface area contributed by atoms with Gasteiger partial charge in [-0.1, -0.05) is 25.5 Å². The van der Waals surface area contributed by atoms with Crippen LogP contribution < -0.4 is 10.0 Å². The lowest BCUT2D eigenvalue weighted by Gasteiger charge is -2.15. The van der Waals surface area contributed by atoms with Crippen molar-refractivity contribution in [3.63, 3.8) is 0 Å². The van der Waals surface area contributed by atoms with E-state index in [9.17, 15) is 8.42 Å². The average molecular weight is 310 g/mol. The molecule has 2 unspecified atom stereocenters. The van der Waals surface area contributed by atoms with E-state index in [1.807, 2.05) is 26.1 Å². The molecule has 5 heteroatoms. The van der Waals surface area contributed by atoms with Gasteiger partial charge >= 0.3 is 0 Å². The van der Waals surface area contributed by atoms with Gasteiger partial charge < -0.3 is 5.32 Å². The summed E-state index contributed by atoms with van der Waals surface area (Å²) in [6.45, 7) is 5.34. The Labute approximate surface area is 128 Å². The first-order valence-corrected chi connectivity index (χ1v) is 9.15. The molecule has 0 bridgehead atoms. The largest absolute Gasteiger partial charge is 0.316 e. The fourth-order valence-corrected chi connectivity index (χ4v) is 4.55. The van der Waals surface area contributed by atoms with Gasteiger partial charge in [-0.15, -0.1) is 0 Å². The number of nitrogens with one attached hydrogen (secondary N) is 2. The summed E-state index contributed by atoms with van der Waals surface area (Å²) in [5, 5.41) is 3.07. The van der Waals surface area contributed by atoms with Crippen LogP contribution in [0.2, 0.25) is 0 Å². The molecule has 0 saturated heterocycles. The minimum absolute atomic E-state index is 0.404. The molecule has 1 saturated carbocycles. The molecular weight excluding hydrogens is 284 g/mol. The van der Waals surface area contributed by atoms with Gasteiger partial charge in [0.2, 0.25) is 10.0 Å². The molecule has 0 spiro atoms. The Balaban J connectivity index is 2.10. The van der Waals surface area contributed by atoms with Crippen LogP contribution in [0, 0.1) is 18.8 Å². The van der Waals surface area contributed by atoms with E-state index in [4.69, 9.17) is 0 Å². The third-order valence-corrected chi connectivity index (χ3v) is 5.99. The maximum atomic E-state index is 12.5. The Morgan fingerprint density at radius 3 is 2.67 bits per heavy atom. The lowest BCUT2D eigenvalue weighted by Crippen LogP contribution is -2.29. The summed E-state index contributed by atoms with van der Waals surface area (Å²) in [6.07, 6.45) is 3.47. The van der Waals surface area contributed by atoms with Crippen molar-refractivity contribution in [2.45, 2.75) is 44.6 Å². The molecule has 0 aliphatic heterocycles. The molecule has 0 radical (unpaired) electrons. The highest BCUT2D eigenvalue weighted by Gasteiger charge is 2.24. The van der Waals surface area contributed by atoms with Crippen molar-refractivity contribution in [1.82, 2.24) is 10.0 Å². The quantitative estimate of drug-likeness (QED) is 0.848. The Morgan fingerprint density at radius 1 is 1.29 bits per heavy atom. The van der Waals surface area contributed by atoms with Crippen molar-refractivity contribution in [2.24, 2.45) is 11.8 Å². The second kappa shape index (κ2) is 6.90. The van der Waals surface area contributed by atoms with Crippen LogP contribution in [0.3, 0.4) is 0 Å². The summed E-state index contributed by atoms with van der Waals surface area (Å²) in [6, 6.07) is 5.46. The lowest BCUT2D eigenvalue weighted by atomic mass is 10.1. The minimum Gasteiger partial charge on any atom is -0.316 e. The highest BCUT2D eigenvalue weighted by Crippen LogP contribution is 2.30. The van der Waals surface area contributed by atoms with E-state index >= 15 is 0 Å². The molecule has 0 aromatic heterocycles. The zero-order valence-corrected chi connectivity index (χ0v) is 14.0. The lowest BCUT2D eigenvalue weighted by molar-refractivity contribution is 0.498. The molecule has 2 atom stereocenters. The third kappa shape index (κ3) is 4.05. The average Bonchev–Trinajstić information content (AvgIpc) is 2.85. The van der Waals surface area contributed by atoms with E-state index < -0.39 is 10.0 Å². The highest BCUT2D eigenvalue weighted by molar-refractivity contribution is 7.89. The molecule has 0 heterocycles. The van der Waals surface area contributed by atoms with Gasteiger partial charge in [0.25, 0.3) is 0 Å². The van der Waals surface area contributed by atoms with Gasteiger partial charge in [0, 0.05) is 13.1 Å². The summed E-state index contributed by atoms with van der Waals surface area (Å²) in [5.41, 5.74) is 1.86. The topological polar surface area (TPSA) is 58.2 Å². The molecule has 4 nitrogen and oxygen atoms in total. The first-order valence-electron chi connectivity index (χ1n) is 7.66. The van der Waals surface area contributed by atoms with Crippen molar-refractivity contribution in [3.8, 4) is 0 Å². The second-order valence-corrected chi connectivity index (χ2v) is 7.94. The molecule has 0 amide bonds. The third-order valence-electron chi connectivity index (χ3n) is 4.42. The molecule has 21 heavy (non-hydrogen) atoms. The summed E-state index contributed by atoms with van der Waals surface area (Å²) >= 11 is 0. The summed E-state index contributed by atoms with van der Waals surface area (Å²) < 4.78 is 27.8. The van der Waals surface area contributed by atoms with Gasteiger partial charge in [-0.25, -0.2) is 13.1 Å². The molecule has 1 aliphatic carbocycles. The standard InChI is InChI=1S/C16H26N2O2S/c1-12-7-8-14(9-12)10-18-21(19,20)16-6-4-5-15(11-17-3)13(16)2/h4-6,12,14,17-18H,7-11H2,1-3H3. The van der Waals surface area contributed by atoms with Crippen LogP contribution in [0.15, 0.2) is 23.1 Å². The van der Waals surface area contributed by atoms with Gasteiger partial charge in [-0.2, -0.15) is 0 Å². The molecule has 2 rings (SSSR count). The van der Waals surface area contributed by atoms with E-state index in [1.165, 1.54) is 6.42 Å². The molecule has 118 valence electrons. The maximum absolute atomic E-state index is 12.5. The number of sulfonamides is 1. The maximum Gasteiger partial charge on any atom is 0.240 e.